The normalized spacial score (nSPS) is 9.83. The van der Waals surface area contributed by atoms with E-state index in [-0.39, 0.29) is 0 Å². The fourth-order valence-corrected chi connectivity index (χ4v) is 1.89. The Kier molecular flexibility index (Phi) is 5.09. The first-order valence-electron chi connectivity index (χ1n) is 7.01. The molecule has 0 aromatic heterocycles. The molecule has 0 aliphatic heterocycles. The second-order valence-corrected chi connectivity index (χ2v) is 5.04. The number of hydrogen-bond donors (Lipinski definition) is 3. The summed E-state index contributed by atoms with van der Waals surface area (Å²) in [5.74, 6) is -2.30. The molecule has 3 N–H and O–H groups in total. The minimum atomic E-state index is -0.951. The van der Waals surface area contributed by atoms with Crippen molar-refractivity contribution in [3.63, 3.8) is 0 Å². The monoisotopic (exact) mass is 311 g/mol. The highest BCUT2D eigenvalue weighted by Crippen LogP contribution is 2.08. The van der Waals surface area contributed by atoms with Crippen molar-refractivity contribution >= 4 is 23.4 Å². The number of amides is 3. The zero-order valence-corrected chi connectivity index (χ0v) is 12.8. The molecule has 23 heavy (non-hydrogen) atoms. The molecular formula is C17H17N3O3. The van der Waals surface area contributed by atoms with Gasteiger partial charge in [0.15, 0.2) is 0 Å². The predicted octanol–water partition coefficient (Wildman–Crippen LogP) is 1.70. The van der Waals surface area contributed by atoms with Gasteiger partial charge in [0.25, 0.3) is 5.91 Å². The lowest BCUT2D eigenvalue weighted by Crippen LogP contribution is -2.46. The molecule has 0 spiro atoms. The van der Waals surface area contributed by atoms with E-state index in [4.69, 9.17) is 0 Å². The molecule has 0 heterocycles. The van der Waals surface area contributed by atoms with Gasteiger partial charge in [-0.2, -0.15) is 0 Å². The summed E-state index contributed by atoms with van der Waals surface area (Å²) in [6.07, 6.45) is 0. The smallest absolute Gasteiger partial charge is 0.318 e. The average Bonchev–Trinajstić information content (AvgIpc) is 2.54. The van der Waals surface area contributed by atoms with Crippen molar-refractivity contribution in [3.8, 4) is 0 Å². The third kappa shape index (κ3) is 4.41. The van der Waals surface area contributed by atoms with Gasteiger partial charge in [-0.05, 0) is 37.6 Å². The van der Waals surface area contributed by atoms with E-state index in [1.54, 1.807) is 43.3 Å². The van der Waals surface area contributed by atoms with Gasteiger partial charge in [-0.15, -0.1) is 0 Å². The highest BCUT2D eigenvalue weighted by Gasteiger charge is 2.15. The van der Waals surface area contributed by atoms with Crippen molar-refractivity contribution in [1.82, 2.24) is 10.9 Å². The zero-order valence-electron chi connectivity index (χ0n) is 12.8. The number of nitrogens with one attached hydrogen (secondary N) is 3. The first-order valence-corrected chi connectivity index (χ1v) is 7.01. The number of aryl methyl sites for hydroxylation is 2. The summed E-state index contributed by atoms with van der Waals surface area (Å²) in [6.45, 7) is 3.69. The summed E-state index contributed by atoms with van der Waals surface area (Å²) in [4.78, 5) is 35.4. The molecule has 118 valence electrons. The lowest BCUT2D eigenvalue weighted by molar-refractivity contribution is -0.136. The fraction of sp³-hybridized carbons (Fsp3) is 0.118. The van der Waals surface area contributed by atoms with Crippen LogP contribution in [0.1, 0.15) is 21.5 Å². The minimum Gasteiger partial charge on any atom is -0.318 e. The molecule has 0 fully saturated rings. The Morgan fingerprint density at radius 1 is 0.783 bits per heavy atom. The number of hydrazine groups is 1. The van der Waals surface area contributed by atoms with Gasteiger partial charge in [0, 0.05) is 11.3 Å². The predicted molar refractivity (Wildman–Crippen MR) is 86.6 cm³/mol. The quantitative estimate of drug-likeness (QED) is 0.583. The number of carbonyl (C=O) groups is 3. The third-order valence-corrected chi connectivity index (χ3v) is 3.19. The maximum absolute atomic E-state index is 11.9. The van der Waals surface area contributed by atoms with Gasteiger partial charge >= 0.3 is 11.8 Å². The first kappa shape index (κ1) is 16.2. The van der Waals surface area contributed by atoms with E-state index in [9.17, 15) is 14.4 Å². The second-order valence-electron chi connectivity index (χ2n) is 5.04. The third-order valence-electron chi connectivity index (χ3n) is 3.19. The van der Waals surface area contributed by atoms with E-state index in [1.165, 1.54) is 0 Å². The topological polar surface area (TPSA) is 87.3 Å². The fourth-order valence-electron chi connectivity index (χ4n) is 1.89. The van der Waals surface area contributed by atoms with Crippen LogP contribution < -0.4 is 16.2 Å². The molecule has 3 amide bonds. The molecule has 0 atom stereocenters. The van der Waals surface area contributed by atoms with Crippen LogP contribution in [-0.4, -0.2) is 17.7 Å². The second kappa shape index (κ2) is 7.22. The van der Waals surface area contributed by atoms with Crippen molar-refractivity contribution in [2.75, 3.05) is 5.32 Å². The molecule has 0 aliphatic rings. The summed E-state index contributed by atoms with van der Waals surface area (Å²) >= 11 is 0. The van der Waals surface area contributed by atoms with Gasteiger partial charge < -0.3 is 5.32 Å². The molecule has 6 heteroatoms. The lowest BCUT2D eigenvalue weighted by Gasteiger charge is -2.09. The number of hydrogen-bond acceptors (Lipinski definition) is 3. The Bertz CT molecular complexity index is 739. The molecule has 0 saturated carbocycles. The van der Waals surface area contributed by atoms with Gasteiger partial charge in [-0.3, -0.25) is 25.2 Å². The van der Waals surface area contributed by atoms with Crippen LogP contribution >= 0.6 is 0 Å². The van der Waals surface area contributed by atoms with E-state index in [2.05, 4.69) is 16.2 Å². The van der Waals surface area contributed by atoms with Crippen molar-refractivity contribution in [2.24, 2.45) is 0 Å². The Hall–Kier alpha value is -3.15. The Morgan fingerprint density at radius 3 is 2.09 bits per heavy atom. The maximum atomic E-state index is 11.9. The van der Waals surface area contributed by atoms with Crippen LogP contribution in [0.25, 0.3) is 0 Å². The molecule has 2 aromatic carbocycles. The van der Waals surface area contributed by atoms with Crippen LogP contribution in [-0.2, 0) is 9.59 Å². The molecule has 0 aliphatic carbocycles. The molecule has 2 rings (SSSR count). The van der Waals surface area contributed by atoms with Crippen molar-refractivity contribution in [2.45, 2.75) is 13.8 Å². The largest absolute Gasteiger partial charge is 0.328 e. The number of benzene rings is 2. The Balaban J connectivity index is 1.89. The summed E-state index contributed by atoms with van der Waals surface area (Å²) in [7, 11) is 0. The molecule has 2 aromatic rings. The van der Waals surface area contributed by atoms with E-state index < -0.39 is 17.7 Å². The number of anilines is 1. The van der Waals surface area contributed by atoms with Crippen molar-refractivity contribution in [3.05, 3.63) is 65.2 Å². The summed E-state index contributed by atoms with van der Waals surface area (Å²) in [6, 6.07) is 13.9. The molecule has 6 nitrogen and oxygen atoms in total. The highest BCUT2D eigenvalue weighted by molar-refractivity contribution is 6.39. The highest BCUT2D eigenvalue weighted by atomic mass is 16.2. The first-order chi connectivity index (χ1) is 11.0. The molecule has 0 radical (unpaired) electrons. The van der Waals surface area contributed by atoms with Gasteiger partial charge in [-0.25, -0.2) is 0 Å². The van der Waals surface area contributed by atoms with Crippen LogP contribution in [0.5, 0.6) is 0 Å². The minimum absolute atomic E-state index is 0.423. The molecular weight excluding hydrogens is 294 g/mol. The Morgan fingerprint density at radius 2 is 1.43 bits per heavy atom. The van der Waals surface area contributed by atoms with E-state index in [1.807, 2.05) is 19.1 Å². The van der Waals surface area contributed by atoms with E-state index in [0.29, 0.717) is 11.3 Å². The average molecular weight is 311 g/mol. The van der Waals surface area contributed by atoms with Crippen molar-refractivity contribution in [1.29, 1.82) is 0 Å². The standard InChI is InChI=1S/C17H17N3O3/c1-11-7-9-13(10-8-11)18-16(22)17(23)20-19-15(21)14-6-4-3-5-12(14)2/h3-10H,1-2H3,(H,18,22)(H,19,21)(H,20,23). The molecule has 0 unspecified atom stereocenters. The summed E-state index contributed by atoms with van der Waals surface area (Å²) in [5, 5.41) is 2.44. The van der Waals surface area contributed by atoms with Gasteiger partial charge in [-0.1, -0.05) is 35.9 Å². The van der Waals surface area contributed by atoms with Crippen molar-refractivity contribution < 1.29 is 14.4 Å². The molecule has 0 saturated heterocycles. The van der Waals surface area contributed by atoms with Crippen LogP contribution in [0.4, 0.5) is 5.69 Å². The zero-order chi connectivity index (χ0) is 16.8. The van der Waals surface area contributed by atoms with E-state index >= 15 is 0 Å². The lowest BCUT2D eigenvalue weighted by atomic mass is 10.1. The summed E-state index contributed by atoms with van der Waals surface area (Å²) in [5.41, 5.74) is 7.04. The van der Waals surface area contributed by atoms with Crippen LogP contribution in [0.15, 0.2) is 48.5 Å². The summed E-state index contributed by atoms with van der Waals surface area (Å²) < 4.78 is 0. The Labute approximate surface area is 133 Å². The van der Waals surface area contributed by atoms with E-state index in [0.717, 1.165) is 11.1 Å². The van der Waals surface area contributed by atoms with Crippen LogP contribution in [0.3, 0.4) is 0 Å². The molecule has 0 bridgehead atoms. The number of rotatable bonds is 2. The van der Waals surface area contributed by atoms with Gasteiger partial charge in [0.05, 0.1) is 0 Å². The van der Waals surface area contributed by atoms with Crippen LogP contribution in [0.2, 0.25) is 0 Å². The maximum Gasteiger partial charge on any atom is 0.328 e. The number of carbonyl (C=O) groups excluding carboxylic acids is 3. The van der Waals surface area contributed by atoms with Crippen LogP contribution in [0, 0.1) is 13.8 Å². The SMILES string of the molecule is Cc1ccc(NC(=O)C(=O)NNC(=O)c2ccccc2C)cc1. The van der Waals surface area contributed by atoms with Gasteiger partial charge in [0.2, 0.25) is 0 Å². The van der Waals surface area contributed by atoms with Gasteiger partial charge in [0.1, 0.15) is 0 Å².